The Kier molecular flexibility index (Phi) is 4.06. The molecular weight excluding hydrogens is 150 g/mol. The van der Waals surface area contributed by atoms with Crippen LogP contribution >= 0.6 is 0 Å². The predicted molar refractivity (Wildman–Crippen MR) is 48.5 cm³/mol. The Hall–Kier alpha value is -0.590. The smallest absolute Gasteiger partial charge is 0.0621 e. The SMILES string of the molecule is N#CCCCCN1CC[C@H](N)C1. The number of hydrogen-bond donors (Lipinski definition) is 1. The first-order valence-electron chi connectivity index (χ1n) is 4.68. The third kappa shape index (κ3) is 3.21. The Labute approximate surface area is 74.1 Å². The molecule has 1 fully saturated rings. The van der Waals surface area contributed by atoms with Gasteiger partial charge in [-0.05, 0) is 32.4 Å². The molecule has 3 heteroatoms. The van der Waals surface area contributed by atoms with Gasteiger partial charge in [0.25, 0.3) is 0 Å². The van der Waals surface area contributed by atoms with Crippen molar-refractivity contribution >= 4 is 0 Å². The lowest BCUT2D eigenvalue weighted by Gasteiger charge is -2.13. The molecule has 1 aliphatic heterocycles. The quantitative estimate of drug-likeness (QED) is 0.627. The van der Waals surface area contributed by atoms with E-state index in [1.165, 1.54) is 0 Å². The second-order valence-electron chi connectivity index (χ2n) is 3.46. The van der Waals surface area contributed by atoms with Gasteiger partial charge in [0.05, 0.1) is 6.07 Å². The lowest BCUT2D eigenvalue weighted by molar-refractivity contribution is 0.326. The summed E-state index contributed by atoms with van der Waals surface area (Å²) in [5.41, 5.74) is 5.76. The molecule has 0 aromatic heterocycles. The molecule has 0 amide bonds. The van der Waals surface area contributed by atoms with E-state index in [4.69, 9.17) is 11.0 Å². The van der Waals surface area contributed by atoms with Crippen LogP contribution in [-0.2, 0) is 0 Å². The molecule has 0 bridgehead atoms. The number of likely N-dealkylation sites (tertiary alicyclic amines) is 1. The highest BCUT2D eigenvalue weighted by atomic mass is 15.2. The first kappa shape index (κ1) is 9.50. The Morgan fingerprint density at radius 3 is 2.92 bits per heavy atom. The number of nitrogens with two attached hydrogens (primary N) is 1. The van der Waals surface area contributed by atoms with Crippen molar-refractivity contribution in [1.82, 2.24) is 4.90 Å². The third-order valence-corrected chi connectivity index (χ3v) is 2.32. The van der Waals surface area contributed by atoms with E-state index in [0.717, 1.165) is 38.9 Å². The fraction of sp³-hybridized carbons (Fsp3) is 0.889. The van der Waals surface area contributed by atoms with Crippen LogP contribution in [-0.4, -0.2) is 30.6 Å². The van der Waals surface area contributed by atoms with E-state index in [2.05, 4.69) is 11.0 Å². The van der Waals surface area contributed by atoms with Crippen LogP contribution in [0, 0.1) is 11.3 Å². The minimum Gasteiger partial charge on any atom is -0.326 e. The zero-order valence-corrected chi connectivity index (χ0v) is 7.50. The van der Waals surface area contributed by atoms with Crippen molar-refractivity contribution < 1.29 is 0 Å². The molecule has 1 heterocycles. The molecule has 1 rings (SSSR count). The van der Waals surface area contributed by atoms with Gasteiger partial charge in [-0.1, -0.05) is 0 Å². The van der Waals surface area contributed by atoms with Crippen LogP contribution in [0.1, 0.15) is 25.7 Å². The lowest BCUT2D eigenvalue weighted by Crippen LogP contribution is -2.27. The number of rotatable bonds is 4. The highest BCUT2D eigenvalue weighted by molar-refractivity contribution is 4.78. The predicted octanol–water partition coefficient (Wildman–Crippen LogP) is 0.713. The van der Waals surface area contributed by atoms with Crippen LogP contribution in [0.2, 0.25) is 0 Å². The summed E-state index contributed by atoms with van der Waals surface area (Å²) in [6, 6.07) is 2.55. The molecule has 0 saturated carbocycles. The average Bonchev–Trinajstić information content (AvgIpc) is 2.45. The van der Waals surface area contributed by atoms with E-state index in [0.29, 0.717) is 12.5 Å². The van der Waals surface area contributed by atoms with Gasteiger partial charge in [-0.25, -0.2) is 0 Å². The second-order valence-corrected chi connectivity index (χ2v) is 3.46. The maximum Gasteiger partial charge on any atom is 0.0621 e. The topological polar surface area (TPSA) is 53.0 Å². The largest absolute Gasteiger partial charge is 0.326 e. The van der Waals surface area contributed by atoms with Gasteiger partial charge in [-0.15, -0.1) is 0 Å². The molecule has 0 aromatic carbocycles. The van der Waals surface area contributed by atoms with E-state index in [1.807, 2.05) is 0 Å². The summed E-state index contributed by atoms with van der Waals surface area (Å²) in [4.78, 5) is 2.39. The number of nitriles is 1. The molecule has 0 aromatic rings. The van der Waals surface area contributed by atoms with E-state index in [1.54, 1.807) is 0 Å². The van der Waals surface area contributed by atoms with Crippen LogP contribution in [0.25, 0.3) is 0 Å². The van der Waals surface area contributed by atoms with Gasteiger partial charge < -0.3 is 10.6 Å². The van der Waals surface area contributed by atoms with Crippen molar-refractivity contribution in [2.24, 2.45) is 5.73 Å². The van der Waals surface area contributed by atoms with Crippen molar-refractivity contribution in [3.8, 4) is 6.07 Å². The summed E-state index contributed by atoms with van der Waals surface area (Å²) in [5.74, 6) is 0. The highest BCUT2D eigenvalue weighted by Gasteiger charge is 2.17. The summed E-state index contributed by atoms with van der Waals surface area (Å²) in [6.45, 7) is 3.32. The number of nitrogens with zero attached hydrogens (tertiary/aromatic N) is 2. The van der Waals surface area contributed by atoms with Crippen LogP contribution in [0.3, 0.4) is 0 Å². The van der Waals surface area contributed by atoms with Gasteiger partial charge in [0.15, 0.2) is 0 Å². The van der Waals surface area contributed by atoms with Crippen LogP contribution in [0.4, 0.5) is 0 Å². The van der Waals surface area contributed by atoms with Crippen molar-refractivity contribution in [1.29, 1.82) is 5.26 Å². The maximum atomic E-state index is 8.32. The first-order valence-corrected chi connectivity index (χ1v) is 4.68. The van der Waals surface area contributed by atoms with Crippen LogP contribution < -0.4 is 5.73 Å². The fourth-order valence-corrected chi connectivity index (χ4v) is 1.61. The molecule has 1 aliphatic rings. The van der Waals surface area contributed by atoms with Gasteiger partial charge in [-0.2, -0.15) is 5.26 Å². The summed E-state index contributed by atoms with van der Waals surface area (Å²) in [5, 5.41) is 8.32. The van der Waals surface area contributed by atoms with Crippen LogP contribution in [0.5, 0.6) is 0 Å². The molecule has 2 N–H and O–H groups in total. The van der Waals surface area contributed by atoms with Gasteiger partial charge in [0.1, 0.15) is 0 Å². The maximum absolute atomic E-state index is 8.32. The Bertz CT molecular complexity index is 162. The minimum absolute atomic E-state index is 0.390. The molecule has 0 aliphatic carbocycles. The zero-order chi connectivity index (χ0) is 8.81. The van der Waals surface area contributed by atoms with E-state index in [9.17, 15) is 0 Å². The molecule has 0 unspecified atom stereocenters. The molecule has 3 nitrogen and oxygen atoms in total. The molecule has 12 heavy (non-hydrogen) atoms. The fourth-order valence-electron chi connectivity index (χ4n) is 1.61. The second kappa shape index (κ2) is 5.13. The summed E-state index contributed by atoms with van der Waals surface area (Å²) in [6.07, 6.45) is 4.00. The summed E-state index contributed by atoms with van der Waals surface area (Å²) in [7, 11) is 0. The van der Waals surface area contributed by atoms with Crippen molar-refractivity contribution in [3.05, 3.63) is 0 Å². The third-order valence-electron chi connectivity index (χ3n) is 2.32. The van der Waals surface area contributed by atoms with Crippen molar-refractivity contribution in [3.63, 3.8) is 0 Å². The van der Waals surface area contributed by atoms with E-state index >= 15 is 0 Å². The van der Waals surface area contributed by atoms with Crippen LogP contribution in [0.15, 0.2) is 0 Å². The molecule has 0 radical (unpaired) electrons. The highest BCUT2D eigenvalue weighted by Crippen LogP contribution is 2.08. The Morgan fingerprint density at radius 2 is 2.33 bits per heavy atom. The average molecular weight is 167 g/mol. The van der Waals surface area contributed by atoms with Gasteiger partial charge in [0.2, 0.25) is 0 Å². The lowest BCUT2D eigenvalue weighted by atomic mass is 10.2. The van der Waals surface area contributed by atoms with Crippen molar-refractivity contribution in [2.75, 3.05) is 19.6 Å². The van der Waals surface area contributed by atoms with E-state index < -0.39 is 0 Å². The minimum atomic E-state index is 0.390. The van der Waals surface area contributed by atoms with Gasteiger partial charge in [0, 0.05) is 19.0 Å². The summed E-state index contributed by atoms with van der Waals surface area (Å²) >= 11 is 0. The molecule has 0 spiro atoms. The normalized spacial score (nSPS) is 24.2. The standard InChI is InChI=1S/C9H17N3/c10-5-2-1-3-6-12-7-4-9(11)8-12/h9H,1-4,6-8,11H2/t9-/m0/s1. The molecule has 1 saturated heterocycles. The Morgan fingerprint density at radius 1 is 1.50 bits per heavy atom. The van der Waals surface area contributed by atoms with Gasteiger partial charge >= 0.3 is 0 Å². The van der Waals surface area contributed by atoms with Crippen molar-refractivity contribution in [2.45, 2.75) is 31.7 Å². The van der Waals surface area contributed by atoms with Gasteiger partial charge in [-0.3, -0.25) is 0 Å². The summed E-state index contributed by atoms with van der Waals surface area (Å²) < 4.78 is 0. The zero-order valence-electron chi connectivity index (χ0n) is 7.50. The number of hydrogen-bond acceptors (Lipinski definition) is 3. The number of unbranched alkanes of at least 4 members (excludes halogenated alkanes) is 2. The van der Waals surface area contributed by atoms with E-state index in [-0.39, 0.29) is 0 Å². The molecule has 68 valence electrons. The first-order chi connectivity index (χ1) is 5.83. The molecular formula is C9H17N3. The monoisotopic (exact) mass is 167 g/mol. The molecule has 1 atom stereocenters. The Balaban J connectivity index is 1.97.